The minimum absolute atomic E-state index is 0.115. The van der Waals surface area contributed by atoms with Crippen molar-refractivity contribution in [3.63, 3.8) is 0 Å². The molecule has 2 unspecified atom stereocenters. The lowest BCUT2D eigenvalue weighted by molar-refractivity contribution is -0.118. The average molecular weight is 457 g/mol. The van der Waals surface area contributed by atoms with Crippen LogP contribution in [0.2, 0.25) is 0 Å². The Bertz CT molecular complexity index is 1130. The third-order valence-electron chi connectivity index (χ3n) is 5.58. The molecule has 0 spiro atoms. The van der Waals surface area contributed by atoms with Gasteiger partial charge in [-0.1, -0.05) is 18.2 Å². The first-order valence-corrected chi connectivity index (χ1v) is 11.8. The lowest BCUT2D eigenvalue weighted by Crippen LogP contribution is -2.59. The molecule has 8 nitrogen and oxygen atoms in total. The highest BCUT2D eigenvalue weighted by molar-refractivity contribution is 7.89. The van der Waals surface area contributed by atoms with Gasteiger partial charge in [-0.2, -0.15) is 4.31 Å². The van der Waals surface area contributed by atoms with Crippen molar-refractivity contribution >= 4 is 27.3 Å². The summed E-state index contributed by atoms with van der Waals surface area (Å²) in [6.07, 6.45) is 0. The number of amides is 1. The molecule has 9 heteroatoms. The second-order valence-electron chi connectivity index (χ2n) is 8.02. The number of ether oxygens (including phenoxy) is 1. The predicted octanol–water partition coefficient (Wildman–Crippen LogP) is 3.28. The molecular formula is C23H28N4O4S. The molecule has 1 amide bonds. The second kappa shape index (κ2) is 9.69. The van der Waals surface area contributed by atoms with Crippen molar-refractivity contribution < 1.29 is 17.9 Å². The molecule has 0 radical (unpaired) electrons. The molecule has 1 heterocycles. The Kier molecular flexibility index (Phi) is 7.19. The van der Waals surface area contributed by atoms with Crippen LogP contribution < -0.4 is 10.1 Å². The molecule has 0 aromatic heterocycles. The standard InChI is InChI=1S/C23H28N4O4S/c1-16-13-26(15-23(28)25-21-10-7-11-22(31-5)18(21)3)14-17(2)27(16)32(29,30)20-9-6-8-19(12-20)24-4/h6-12,16-17H,13-15H2,1-3,5H3,(H,25,28). The molecule has 0 aliphatic carbocycles. The van der Waals surface area contributed by atoms with Gasteiger partial charge in [-0.25, -0.2) is 13.3 Å². The van der Waals surface area contributed by atoms with E-state index in [0.29, 0.717) is 24.5 Å². The fourth-order valence-electron chi connectivity index (χ4n) is 4.22. The second-order valence-corrected chi connectivity index (χ2v) is 9.86. The van der Waals surface area contributed by atoms with Gasteiger partial charge in [-0.15, -0.1) is 0 Å². The smallest absolute Gasteiger partial charge is 0.242 e. The summed E-state index contributed by atoms with van der Waals surface area (Å²) in [5, 5.41) is 2.92. The number of benzene rings is 2. The maximum absolute atomic E-state index is 13.3. The molecule has 2 atom stereocenters. The lowest BCUT2D eigenvalue weighted by atomic mass is 10.1. The molecule has 170 valence electrons. The number of methoxy groups -OCH3 is 1. The monoisotopic (exact) mass is 456 g/mol. The Labute approximate surface area is 189 Å². The number of carbonyl (C=O) groups excluding carboxylic acids is 1. The minimum atomic E-state index is -3.76. The Morgan fingerprint density at radius 2 is 1.84 bits per heavy atom. The van der Waals surface area contributed by atoms with Gasteiger partial charge in [0.2, 0.25) is 15.9 Å². The fourth-order valence-corrected chi connectivity index (χ4v) is 6.06. The molecule has 1 saturated heterocycles. The Balaban J connectivity index is 1.69. The molecule has 1 fully saturated rings. The number of sulfonamides is 1. The minimum Gasteiger partial charge on any atom is -0.496 e. The molecule has 1 aliphatic heterocycles. The maximum Gasteiger partial charge on any atom is 0.242 e. The van der Waals surface area contributed by atoms with Crippen molar-refractivity contribution in [1.82, 2.24) is 9.21 Å². The Morgan fingerprint density at radius 1 is 1.19 bits per heavy atom. The van der Waals surface area contributed by atoms with Crippen molar-refractivity contribution in [2.45, 2.75) is 37.8 Å². The van der Waals surface area contributed by atoms with E-state index in [1.807, 2.05) is 43.9 Å². The van der Waals surface area contributed by atoms with E-state index in [1.54, 1.807) is 19.2 Å². The van der Waals surface area contributed by atoms with Crippen LogP contribution in [0.15, 0.2) is 47.4 Å². The van der Waals surface area contributed by atoms with Gasteiger partial charge in [0.1, 0.15) is 5.75 Å². The molecular weight excluding hydrogens is 428 g/mol. The summed E-state index contributed by atoms with van der Waals surface area (Å²) < 4.78 is 33.3. The van der Waals surface area contributed by atoms with E-state index in [0.717, 1.165) is 5.56 Å². The average Bonchev–Trinajstić information content (AvgIpc) is 2.74. The number of nitrogens with one attached hydrogen (secondary N) is 1. The number of rotatable bonds is 6. The quantitative estimate of drug-likeness (QED) is 0.675. The van der Waals surface area contributed by atoms with Gasteiger partial charge in [0.15, 0.2) is 5.69 Å². The summed E-state index contributed by atoms with van der Waals surface area (Å²) in [6.45, 7) is 13.7. The molecule has 2 aromatic carbocycles. The molecule has 2 aromatic rings. The van der Waals surface area contributed by atoms with E-state index < -0.39 is 10.0 Å². The van der Waals surface area contributed by atoms with E-state index in [2.05, 4.69) is 10.2 Å². The van der Waals surface area contributed by atoms with Crippen molar-refractivity contribution in [2.24, 2.45) is 0 Å². The van der Waals surface area contributed by atoms with Crippen LogP contribution in [0.25, 0.3) is 4.85 Å². The van der Waals surface area contributed by atoms with Crippen LogP contribution in [0.3, 0.4) is 0 Å². The highest BCUT2D eigenvalue weighted by atomic mass is 32.2. The summed E-state index contributed by atoms with van der Waals surface area (Å²) in [5.41, 5.74) is 1.83. The molecule has 3 rings (SSSR count). The van der Waals surface area contributed by atoms with E-state index in [4.69, 9.17) is 11.3 Å². The Hall–Kier alpha value is -2.93. The van der Waals surface area contributed by atoms with Crippen LogP contribution in [-0.2, 0) is 14.8 Å². The first kappa shape index (κ1) is 23.7. The first-order valence-electron chi connectivity index (χ1n) is 10.3. The van der Waals surface area contributed by atoms with Crippen molar-refractivity contribution in [3.05, 3.63) is 59.4 Å². The van der Waals surface area contributed by atoms with Gasteiger partial charge >= 0.3 is 0 Å². The summed E-state index contributed by atoms with van der Waals surface area (Å²) in [5.74, 6) is 0.535. The topological polar surface area (TPSA) is 83.3 Å². The number of hydrogen-bond acceptors (Lipinski definition) is 5. The van der Waals surface area contributed by atoms with Gasteiger partial charge in [0, 0.05) is 36.4 Å². The first-order chi connectivity index (χ1) is 15.2. The van der Waals surface area contributed by atoms with Crippen LogP contribution >= 0.6 is 0 Å². The number of carbonyl (C=O) groups is 1. The fraction of sp³-hybridized carbons (Fsp3) is 0.391. The zero-order valence-corrected chi connectivity index (χ0v) is 19.5. The zero-order chi connectivity index (χ0) is 23.5. The highest BCUT2D eigenvalue weighted by Gasteiger charge is 2.38. The van der Waals surface area contributed by atoms with E-state index >= 15 is 0 Å². The number of nitrogens with zero attached hydrogens (tertiary/aromatic N) is 3. The van der Waals surface area contributed by atoms with Crippen LogP contribution in [0.5, 0.6) is 5.75 Å². The van der Waals surface area contributed by atoms with Gasteiger partial charge in [-0.3, -0.25) is 9.69 Å². The van der Waals surface area contributed by atoms with E-state index in [9.17, 15) is 13.2 Å². The highest BCUT2D eigenvalue weighted by Crippen LogP contribution is 2.28. The third kappa shape index (κ3) is 4.93. The molecule has 0 saturated carbocycles. The Morgan fingerprint density at radius 3 is 2.47 bits per heavy atom. The predicted molar refractivity (Wildman–Crippen MR) is 123 cm³/mol. The zero-order valence-electron chi connectivity index (χ0n) is 18.7. The largest absolute Gasteiger partial charge is 0.496 e. The van der Waals surface area contributed by atoms with Crippen LogP contribution in [0.4, 0.5) is 11.4 Å². The van der Waals surface area contributed by atoms with Gasteiger partial charge in [-0.05, 0) is 45.0 Å². The van der Waals surface area contributed by atoms with E-state index in [1.165, 1.54) is 16.4 Å². The normalized spacial score (nSPS) is 19.8. The summed E-state index contributed by atoms with van der Waals surface area (Å²) in [7, 11) is -2.17. The molecule has 0 bridgehead atoms. The third-order valence-corrected chi connectivity index (χ3v) is 7.71. The SMILES string of the molecule is [C-]#[N+]c1cccc(S(=O)(=O)N2C(C)CN(CC(=O)Nc3cccc(OC)c3C)CC2C)c1. The molecule has 1 N–H and O–H groups in total. The van der Waals surface area contributed by atoms with Crippen LogP contribution in [0, 0.1) is 13.5 Å². The van der Waals surface area contributed by atoms with Gasteiger partial charge < -0.3 is 10.1 Å². The maximum atomic E-state index is 13.3. The van der Waals surface area contributed by atoms with Crippen molar-refractivity contribution in [3.8, 4) is 5.75 Å². The molecule has 32 heavy (non-hydrogen) atoms. The van der Waals surface area contributed by atoms with Gasteiger partial charge in [0.05, 0.1) is 25.1 Å². The van der Waals surface area contributed by atoms with Crippen LogP contribution in [-0.4, -0.2) is 62.4 Å². The van der Waals surface area contributed by atoms with Crippen LogP contribution in [0.1, 0.15) is 19.4 Å². The van der Waals surface area contributed by atoms with Gasteiger partial charge in [0.25, 0.3) is 0 Å². The number of hydrogen-bond donors (Lipinski definition) is 1. The lowest BCUT2D eigenvalue weighted by Gasteiger charge is -2.43. The number of anilines is 1. The van der Waals surface area contributed by atoms with E-state index in [-0.39, 0.29) is 35.1 Å². The number of piperazine rings is 1. The summed E-state index contributed by atoms with van der Waals surface area (Å²) >= 11 is 0. The van der Waals surface area contributed by atoms with Crippen molar-refractivity contribution in [2.75, 3.05) is 32.1 Å². The summed E-state index contributed by atoms with van der Waals surface area (Å²) in [4.78, 5) is 18.1. The summed E-state index contributed by atoms with van der Waals surface area (Å²) in [6, 6.07) is 10.9. The van der Waals surface area contributed by atoms with Crippen molar-refractivity contribution in [1.29, 1.82) is 0 Å². The molecule has 1 aliphatic rings.